The van der Waals surface area contributed by atoms with Crippen LogP contribution in [0.1, 0.15) is 47.5 Å². The van der Waals surface area contributed by atoms with Gasteiger partial charge in [-0.3, -0.25) is 4.79 Å². The summed E-state index contributed by atoms with van der Waals surface area (Å²) in [5.41, 5.74) is 4.76. The van der Waals surface area contributed by atoms with Crippen molar-refractivity contribution in [2.45, 2.75) is 53.1 Å². The number of nitrogens with two attached hydrogens (primary N) is 1. The summed E-state index contributed by atoms with van der Waals surface area (Å²) >= 11 is 0. The van der Waals surface area contributed by atoms with Gasteiger partial charge in [0, 0.05) is 6.54 Å². The van der Waals surface area contributed by atoms with Gasteiger partial charge in [0.05, 0.1) is 6.42 Å². The Bertz CT molecular complexity index is 127. The van der Waals surface area contributed by atoms with Gasteiger partial charge in [-0.1, -0.05) is 20.3 Å². The Morgan fingerprint density at radius 3 is 1.92 bits per heavy atom. The molecule has 0 atom stereocenters. The maximum absolute atomic E-state index is 10.8. The largest absolute Gasteiger partial charge is 0.460 e. The summed E-state index contributed by atoms with van der Waals surface area (Å²) < 4.78 is 4.96. The van der Waals surface area contributed by atoms with Crippen LogP contribution in [0.2, 0.25) is 0 Å². The quantitative estimate of drug-likeness (QED) is 0.677. The molecule has 0 saturated carbocycles. The molecule has 0 fully saturated rings. The maximum Gasteiger partial charge on any atom is 0.307 e. The van der Waals surface area contributed by atoms with Crippen molar-refractivity contribution in [3.8, 4) is 0 Å². The Kier molecular flexibility index (Phi) is 9.24. The average Bonchev–Trinajstić information content (AvgIpc) is 1.84. The lowest BCUT2D eigenvalue weighted by Gasteiger charge is -2.18. The van der Waals surface area contributed by atoms with Crippen molar-refractivity contribution in [2.75, 3.05) is 6.54 Å². The lowest BCUT2D eigenvalue weighted by atomic mass is 10.2. The number of ether oxygens (including phenoxy) is 1. The van der Waals surface area contributed by atoms with Gasteiger partial charge in [-0.05, 0) is 20.8 Å². The van der Waals surface area contributed by atoms with Crippen molar-refractivity contribution in [1.82, 2.24) is 0 Å². The second-order valence-electron chi connectivity index (χ2n) is 3.83. The van der Waals surface area contributed by atoms with Crippen LogP contribution in [0.4, 0.5) is 0 Å². The van der Waals surface area contributed by atoms with E-state index in [1.54, 1.807) is 0 Å². The fraction of sp³-hybridized carbons (Fsp3) is 0.900. The summed E-state index contributed by atoms with van der Waals surface area (Å²) in [5.74, 6) is -0.227. The Labute approximate surface area is 81.6 Å². The van der Waals surface area contributed by atoms with Crippen LogP contribution < -0.4 is 5.73 Å². The highest BCUT2D eigenvalue weighted by Gasteiger charge is 2.14. The first-order chi connectivity index (χ1) is 5.87. The van der Waals surface area contributed by atoms with Gasteiger partial charge in [-0.25, -0.2) is 0 Å². The molecule has 2 N–H and O–H groups in total. The second kappa shape index (κ2) is 8.05. The van der Waals surface area contributed by atoms with Crippen molar-refractivity contribution in [3.63, 3.8) is 0 Å². The molecule has 0 bridgehead atoms. The third-order valence-electron chi connectivity index (χ3n) is 0.768. The molecule has 0 radical (unpaired) electrons. The fourth-order valence-electron chi connectivity index (χ4n) is 0.510. The summed E-state index contributed by atoms with van der Waals surface area (Å²) in [4.78, 5) is 10.8. The summed E-state index contributed by atoms with van der Waals surface area (Å²) in [5, 5.41) is 0. The molecule has 0 aliphatic carbocycles. The molecule has 0 aromatic rings. The fourth-order valence-corrected chi connectivity index (χ4v) is 0.510. The van der Waals surface area contributed by atoms with E-state index in [1.165, 1.54) is 6.42 Å². The van der Waals surface area contributed by atoms with Crippen LogP contribution in [-0.2, 0) is 9.53 Å². The lowest BCUT2D eigenvalue weighted by molar-refractivity contribution is -0.154. The molecule has 3 heteroatoms. The standard InChI is InChI=1S/C7H15NO2.C3H8/c1-7(2,3)10-6(9)4-5-8;1-3-2/h4-5,8H2,1-3H3;3H2,1-2H3. The Balaban J connectivity index is 0. The van der Waals surface area contributed by atoms with Crippen molar-refractivity contribution in [1.29, 1.82) is 0 Å². The van der Waals surface area contributed by atoms with Gasteiger partial charge in [-0.15, -0.1) is 0 Å². The van der Waals surface area contributed by atoms with Crippen LogP contribution in [-0.4, -0.2) is 18.1 Å². The van der Waals surface area contributed by atoms with E-state index in [0.29, 0.717) is 13.0 Å². The summed E-state index contributed by atoms with van der Waals surface area (Å²) in [6.07, 6.45) is 1.55. The van der Waals surface area contributed by atoms with Gasteiger partial charge in [0.25, 0.3) is 0 Å². The number of rotatable bonds is 2. The van der Waals surface area contributed by atoms with Crippen LogP contribution in [0.15, 0.2) is 0 Å². The minimum Gasteiger partial charge on any atom is -0.460 e. The zero-order chi connectivity index (χ0) is 10.9. The molecule has 0 unspecified atom stereocenters. The Morgan fingerprint density at radius 2 is 1.69 bits per heavy atom. The first-order valence-electron chi connectivity index (χ1n) is 4.79. The van der Waals surface area contributed by atoms with Gasteiger partial charge in [0.15, 0.2) is 0 Å². The molecular formula is C10H23NO2. The van der Waals surface area contributed by atoms with Crippen LogP contribution in [0.25, 0.3) is 0 Å². The highest BCUT2D eigenvalue weighted by atomic mass is 16.6. The molecule has 80 valence electrons. The van der Waals surface area contributed by atoms with Crippen LogP contribution in [0.5, 0.6) is 0 Å². The number of hydrogen-bond acceptors (Lipinski definition) is 3. The zero-order valence-corrected chi connectivity index (χ0v) is 9.52. The highest BCUT2D eigenvalue weighted by Crippen LogP contribution is 2.07. The minimum absolute atomic E-state index is 0.227. The van der Waals surface area contributed by atoms with E-state index < -0.39 is 0 Å². The number of hydrogen-bond donors (Lipinski definition) is 1. The normalized spacial score (nSPS) is 10.0. The predicted molar refractivity (Wildman–Crippen MR) is 55.5 cm³/mol. The molecule has 0 aromatic carbocycles. The third-order valence-corrected chi connectivity index (χ3v) is 0.768. The summed E-state index contributed by atoms with van der Waals surface area (Å²) in [6.45, 7) is 10.1. The summed E-state index contributed by atoms with van der Waals surface area (Å²) in [6, 6.07) is 0. The number of carbonyl (C=O) groups excluding carboxylic acids is 1. The Hall–Kier alpha value is -0.570. The summed E-state index contributed by atoms with van der Waals surface area (Å²) in [7, 11) is 0. The molecule has 0 heterocycles. The van der Waals surface area contributed by atoms with E-state index in [9.17, 15) is 4.79 Å². The molecule has 13 heavy (non-hydrogen) atoms. The van der Waals surface area contributed by atoms with Gasteiger partial charge < -0.3 is 10.5 Å². The topological polar surface area (TPSA) is 52.3 Å². The van der Waals surface area contributed by atoms with E-state index in [2.05, 4.69) is 13.8 Å². The SMILES string of the molecule is CC(C)(C)OC(=O)CCN.CCC. The molecular weight excluding hydrogens is 166 g/mol. The molecule has 0 aromatic heterocycles. The van der Waals surface area contributed by atoms with Gasteiger partial charge >= 0.3 is 5.97 Å². The average molecular weight is 189 g/mol. The van der Waals surface area contributed by atoms with Gasteiger partial charge in [-0.2, -0.15) is 0 Å². The zero-order valence-electron chi connectivity index (χ0n) is 9.52. The van der Waals surface area contributed by atoms with Crippen molar-refractivity contribution in [3.05, 3.63) is 0 Å². The van der Waals surface area contributed by atoms with E-state index in [4.69, 9.17) is 10.5 Å². The Morgan fingerprint density at radius 1 is 1.31 bits per heavy atom. The monoisotopic (exact) mass is 189 g/mol. The molecule has 3 nitrogen and oxygen atoms in total. The third kappa shape index (κ3) is 18.4. The predicted octanol–water partition coefficient (Wildman–Crippen LogP) is 2.09. The van der Waals surface area contributed by atoms with Crippen LogP contribution in [0, 0.1) is 0 Å². The number of esters is 1. The molecule has 0 spiro atoms. The lowest BCUT2D eigenvalue weighted by Crippen LogP contribution is -2.25. The van der Waals surface area contributed by atoms with Crippen molar-refractivity contribution in [2.24, 2.45) is 5.73 Å². The van der Waals surface area contributed by atoms with Gasteiger partial charge in [0.2, 0.25) is 0 Å². The first-order valence-corrected chi connectivity index (χ1v) is 4.79. The van der Waals surface area contributed by atoms with E-state index in [-0.39, 0.29) is 11.6 Å². The van der Waals surface area contributed by atoms with Crippen LogP contribution in [0.3, 0.4) is 0 Å². The highest BCUT2D eigenvalue weighted by molar-refractivity contribution is 5.69. The smallest absolute Gasteiger partial charge is 0.307 e. The second-order valence-corrected chi connectivity index (χ2v) is 3.83. The molecule has 0 saturated heterocycles. The van der Waals surface area contributed by atoms with E-state index in [1.807, 2.05) is 20.8 Å². The molecule has 0 aliphatic rings. The molecule has 0 aliphatic heterocycles. The van der Waals surface area contributed by atoms with Crippen molar-refractivity contribution >= 4 is 5.97 Å². The van der Waals surface area contributed by atoms with Gasteiger partial charge in [0.1, 0.15) is 5.60 Å². The minimum atomic E-state index is -0.383. The maximum atomic E-state index is 10.8. The van der Waals surface area contributed by atoms with E-state index >= 15 is 0 Å². The number of carbonyl (C=O) groups is 1. The molecule has 0 rings (SSSR count). The first kappa shape index (κ1) is 14.9. The van der Waals surface area contributed by atoms with Crippen LogP contribution >= 0.6 is 0 Å². The van der Waals surface area contributed by atoms with Crippen molar-refractivity contribution < 1.29 is 9.53 Å². The van der Waals surface area contributed by atoms with E-state index in [0.717, 1.165) is 0 Å². The molecule has 0 amide bonds.